The highest BCUT2D eigenvalue weighted by atomic mass is 16.5. The summed E-state index contributed by atoms with van der Waals surface area (Å²) in [7, 11) is 0. The van der Waals surface area contributed by atoms with E-state index in [1.54, 1.807) is 6.92 Å². The van der Waals surface area contributed by atoms with Crippen LogP contribution in [0.25, 0.3) is 0 Å². The summed E-state index contributed by atoms with van der Waals surface area (Å²) in [6.45, 7) is 7.02. The van der Waals surface area contributed by atoms with Crippen LogP contribution in [0.4, 0.5) is 0 Å². The molecule has 0 saturated heterocycles. The van der Waals surface area contributed by atoms with Crippen LogP contribution in [0.1, 0.15) is 51.6 Å². The largest absolute Gasteiger partial charge is 0.481 e. The first-order valence-corrected chi connectivity index (χ1v) is 7.94. The number of carbonyl (C=O) groups is 1. The van der Waals surface area contributed by atoms with Gasteiger partial charge in [0.25, 0.3) is 5.91 Å². The van der Waals surface area contributed by atoms with Crippen molar-refractivity contribution in [2.24, 2.45) is 0 Å². The van der Waals surface area contributed by atoms with Crippen molar-refractivity contribution in [2.75, 3.05) is 6.54 Å². The van der Waals surface area contributed by atoms with Crippen LogP contribution in [-0.4, -0.2) is 24.6 Å². The van der Waals surface area contributed by atoms with E-state index in [9.17, 15) is 4.79 Å². The Balaban J connectivity index is 1.90. The molecule has 1 aliphatic rings. The predicted octanol–water partition coefficient (Wildman–Crippen LogP) is 2.79. The van der Waals surface area contributed by atoms with Crippen LogP contribution in [0.3, 0.4) is 0 Å². The van der Waals surface area contributed by atoms with E-state index in [2.05, 4.69) is 36.6 Å². The summed E-state index contributed by atoms with van der Waals surface area (Å²) in [6, 6.07) is 8.76. The van der Waals surface area contributed by atoms with E-state index in [0.29, 0.717) is 12.1 Å². The Morgan fingerprint density at radius 2 is 1.95 bits per heavy atom. The van der Waals surface area contributed by atoms with Gasteiger partial charge in [0.05, 0.1) is 0 Å². The SMILES string of the molecule is CCNC(CC)c1ccc(OC(C)C(=O)NC2CC2)cc1. The maximum absolute atomic E-state index is 11.9. The third kappa shape index (κ3) is 4.74. The molecule has 2 atom stereocenters. The van der Waals surface area contributed by atoms with Crippen molar-refractivity contribution in [3.63, 3.8) is 0 Å². The molecule has 2 rings (SSSR count). The lowest BCUT2D eigenvalue weighted by atomic mass is 10.0. The molecule has 1 aromatic rings. The Hall–Kier alpha value is -1.55. The molecule has 21 heavy (non-hydrogen) atoms. The molecule has 1 amide bonds. The number of hydrogen-bond donors (Lipinski definition) is 2. The lowest BCUT2D eigenvalue weighted by molar-refractivity contribution is -0.127. The second kappa shape index (κ2) is 7.46. The summed E-state index contributed by atoms with van der Waals surface area (Å²) in [6.07, 6.45) is 2.78. The number of nitrogens with one attached hydrogen (secondary N) is 2. The minimum Gasteiger partial charge on any atom is -0.481 e. The maximum atomic E-state index is 11.9. The molecule has 0 aliphatic heterocycles. The number of amides is 1. The molecule has 4 heteroatoms. The topological polar surface area (TPSA) is 50.4 Å². The lowest BCUT2D eigenvalue weighted by Crippen LogP contribution is -2.37. The highest BCUT2D eigenvalue weighted by Crippen LogP contribution is 2.22. The summed E-state index contributed by atoms with van der Waals surface area (Å²) in [5, 5.41) is 6.41. The van der Waals surface area contributed by atoms with Gasteiger partial charge in [0.2, 0.25) is 0 Å². The second-order valence-corrected chi connectivity index (χ2v) is 5.63. The molecule has 1 saturated carbocycles. The third-order valence-corrected chi connectivity index (χ3v) is 3.75. The van der Waals surface area contributed by atoms with Crippen LogP contribution in [0.15, 0.2) is 24.3 Å². The van der Waals surface area contributed by atoms with E-state index in [0.717, 1.165) is 31.6 Å². The third-order valence-electron chi connectivity index (χ3n) is 3.75. The standard InChI is InChI=1S/C17H26N2O2/c1-4-16(18-5-2)13-6-10-15(11-7-13)21-12(3)17(20)19-14-8-9-14/h6-7,10-12,14,16,18H,4-5,8-9H2,1-3H3,(H,19,20). The lowest BCUT2D eigenvalue weighted by Gasteiger charge is -2.18. The van der Waals surface area contributed by atoms with E-state index >= 15 is 0 Å². The van der Waals surface area contributed by atoms with Gasteiger partial charge in [-0.3, -0.25) is 4.79 Å². The van der Waals surface area contributed by atoms with Crippen molar-refractivity contribution in [3.05, 3.63) is 29.8 Å². The van der Waals surface area contributed by atoms with Crippen molar-refractivity contribution in [1.29, 1.82) is 0 Å². The van der Waals surface area contributed by atoms with E-state index in [1.807, 2.05) is 12.1 Å². The highest BCUT2D eigenvalue weighted by molar-refractivity contribution is 5.81. The Morgan fingerprint density at radius 3 is 2.48 bits per heavy atom. The summed E-state index contributed by atoms with van der Waals surface area (Å²) >= 11 is 0. The molecule has 0 radical (unpaired) electrons. The van der Waals surface area contributed by atoms with Crippen molar-refractivity contribution in [2.45, 2.75) is 58.2 Å². The summed E-state index contributed by atoms with van der Waals surface area (Å²) < 4.78 is 5.70. The van der Waals surface area contributed by atoms with Gasteiger partial charge in [0.1, 0.15) is 5.75 Å². The average Bonchev–Trinajstić information content (AvgIpc) is 3.29. The summed E-state index contributed by atoms with van der Waals surface area (Å²) in [4.78, 5) is 11.9. The number of rotatable bonds is 8. The molecule has 1 aliphatic carbocycles. The van der Waals surface area contributed by atoms with Gasteiger partial charge in [-0.05, 0) is 50.4 Å². The highest BCUT2D eigenvalue weighted by Gasteiger charge is 2.26. The molecule has 2 unspecified atom stereocenters. The van der Waals surface area contributed by atoms with Crippen LogP contribution in [0.2, 0.25) is 0 Å². The van der Waals surface area contributed by atoms with Crippen molar-refractivity contribution >= 4 is 5.91 Å². The molecule has 2 N–H and O–H groups in total. The van der Waals surface area contributed by atoms with E-state index in [1.165, 1.54) is 5.56 Å². The van der Waals surface area contributed by atoms with Crippen LogP contribution < -0.4 is 15.4 Å². The van der Waals surface area contributed by atoms with Crippen LogP contribution >= 0.6 is 0 Å². The monoisotopic (exact) mass is 290 g/mol. The fourth-order valence-electron chi connectivity index (χ4n) is 2.33. The van der Waals surface area contributed by atoms with Crippen LogP contribution in [0.5, 0.6) is 5.75 Å². The molecule has 0 spiro atoms. The molecule has 0 heterocycles. The molecule has 0 aromatic heterocycles. The number of carbonyl (C=O) groups excluding carboxylic acids is 1. The van der Waals surface area contributed by atoms with Crippen molar-refractivity contribution in [1.82, 2.24) is 10.6 Å². The molecule has 1 fully saturated rings. The fraction of sp³-hybridized carbons (Fsp3) is 0.588. The van der Waals surface area contributed by atoms with Gasteiger partial charge in [-0.1, -0.05) is 26.0 Å². The van der Waals surface area contributed by atoms with E-state index in [4.69, 9.17) is 4.74 Å². The van der Waals surface area contributed by atoms with E-state index in [-0.39, 0.29) is 5.91 Å². The average molecular weight is 290 g/mol. The van der Waals surface area contributed by atoms with Gasteiger partial charge in [0.15, 0.2) is 6.10 Å². The number of hydrogen-bond acceptors (Lipinski definition) is 3. The van der Waals surface area contributed by atoms with Gasteiger partial charge in [-0.25, -0.2) is 0 Å². The zero-order valence-electron chi connectivity index (χ0n) is 13.2. The number of ether oxygens (including phenoxy) is 1. The Morgan fingerprint density at radius 1 is 1.29 bits per heavy atom. The minimum absolute atomic E-state index is 0.0272. The molecule has 4 nitrogen and oxygen atoms in total. The van der Waals surface area contributed by atoms with Crippen molar-refractivity contribution < 1.29 is 9.53 Å². The Kier molecular flexibility index (Phi) is 5.62. The first-order valence-electron chi connectivity index (χ1n) is 7.94. The summed E-state index contributed by atoms with van der Waals surface area (Å²) in [5.41, 5.74) is 1.25. The fourth-order valence-corrected chi connectivity index (χ4v) is 2.33. The van der Waals surface area contributed by atoms with Gasteiger partial charge in [-0.15, -0.1) is 0 Å². The predicted molar refractivity (Wildman–Crippen MR) is 84.4 cm³/mol. The summed E-state index contributed by atoms with van der Waals surface area (Å²) in [5.74, 6) is 0.712. The minimum atomic E-state index is -0.452. The zero-order valence-corrected chi connectivity index (χ0v) is 13.2. The molecular formula is C17H26N2O2. The van der Waals surface area contributed by atoms with Crippen LogP contribution in [0, 0.1) is 0 Å². The normalized spacial score (nSPS) is 17.1. The van der Waals surface area contributed by atoms with Gasteiger partial charge >= 0.3 is 0 Å². The Labute approximate surface area is 127 Å². The second-order valence-electron chi connectivity index (χ2n) is 5.63. The van der Waals surface area contributed by atoms with Crippen LogP contribution in [-0.2, 0) is 4.79 Å². The zero-order chi connectivity index (χ0) is 15.2. The van der Waals surface area contributed by atoms with Gasteiger partial charge < -0.3 is 15.4 Å². The van der Waals surface area contributed by atoms with Gasteiger partial charge in [0, 0.05) is 12.1 Å². The first-order chi connectivity index (χ1) is 10.1. The maximum Gasteiger partial charge on any atom is 0.260 e. The molecule has 1 aromatic carbocycles. The smallest absolute Gasteiger partial charge is 0.260 e. The quantitative estimate of drug-likeness (QED) is 0.774. The molecular weight excluding hydrogens is 264 g/mol. The molecule has 116 valence electrons. The van der Waals surface area contributed by atoms with Gasteiger partial charge in [-0.2, -0.15) is 0 Å². The number of benzene rings is 1. The first kappa shape index (κ1) is 15.8. The van der Waals surface area contributed by atoms with E-state index < -0.39 is 6.10 Å². The Bertz CT molecular complexity index is 454. The molecule has 0 bridgehead atoms. The van der Waals surface area contributed by atoms with Crippen molar-refractivity contribution in [3.8, 4) is 5.75 Å².